The zero-order chi connectivity index (χ0) is 12.2. The highest BCUT2D eigenvalue weighted by Gasteiger charge is 2.46. The summed E-state index contributed by atoms with van der Waals surface area (Å²) in [6, 6.07) is 1.60. The SMILES string of the molecule is C=C(C#N)C(O)(C(=O)OCC)c1ncn[nH]1. The number of ether oxygens (including phenoxy) is 1. The van der Waals surface area contributed by atoms with E-state index in [1.54, 1.807) is 13.0 Å². The van der Waals surface area contributed by atoms with Crippen LogP contribution in [0.2, 0.25) is 0 Å². The molecule has 1 heterocycles. The van der Waals surface area contributed by atoms with Crippen LogP contribution in [0.5, 0.6) is 0 Å². The molecule has 0 aliphatic heterocycles. The average molecular weight is 222 g/mol. The summed E-state index contributed by atoms with van der Waals surface area (Å²) in [6.45, 7) is 4.95. The minimum Gasteiger partial charge on any atom is -0.463 e. The minimum atomic E-state index is -2.30. The molecular weight excluding hydrogens is 212 g/mol. The fraction of sp³-hybridized carbons (Fsp3) is 0.333. The predicted molar refractivity (Wildman–Crippen MR) is 51.7 cm³/mol. The van der Waals surface area contributed by atoms with E-state index >= 15 is 0 Å². The number of hydrogen-bond acceptors (Lipinski definition) is 6. The molecule has 0 amide bonds. The van der Waals surface area contributed by atoms with Crippen LogP contribution >= 0.6 is 0 Å². The van der Waals surface area contributed by atoms with Gasteiger partial charge in [-0.2, -0.15) is 10.4 Å². The predicted octanol–water partition coefficient (Wildman–Crippen LogP) is -0.365. The van der Waals surface area contributed by atoms with Crippen molar-refractivity contribution < 1.29 is 14.6 Å². The van der Waals surface area contributed by atoms with Crippen LogP contribution in [0, 0.1) is 11.3 Å². The van der Waals surface area contributed by atoms with Gasteiger partial charge in [0.05, 0.1) is 18.2 Å². The number of aliphatic hydroxyl groups is 1. The Morgan fingerprint density at radius 1 is 1.88 bits per heavy atom. The van der Waals surface area contributed by atoms with Gasteiger partial charge in [-0.3, -0.25) is 5.10 Å². The summed E-state index contributed by atoms with van der Waals surface area (Å²) >= 11 is 0. The molecule has 0 spiro atoms. The van der Waals surface area contributed by atoms with Crippen LogP contribution in [0.15, 0.2) is 18.5 Å². The zero-order valence-corrected chi connectivity index (χ0v) is 8.60. The van der Waals surface area contributed by atoms with Gasteiger partial charge in [-0.25, -0.2) is 9.78 Å². The van der Waals surface area contributed by atoms with Crippen LogP contribution in [0.1, 0.15) is 12.7 Å². The van der Waals surface area contributed by atoms with Crippen molar-refractivity contribution in [2.45, 2.75) is 12.5 Å². The summed E-state index contributed by atoms with van der Waals surface area (Å²) in [5.74, 6) is -1.21. The summed E-state index contributed by atoms with van der Waals surface area (Å²) in [5.41, 5.74) is -2.69. The fourth-order valence-electron chi connectivity index (χ4n) is 1.06. The third-order valence-electron chi connectivity index (χ3n) is 1.90. The molecule has 0 bridgehead atoms. The highest BCUT2D eigenvalue weighted by molar-refractivity contribution is 5.85. The maximum atomic E-state index is 11.6. The standard InChI is InChI=1S/C9H10N4O3/c1-3-16-8(14)9(15,6(2)4-10)7-11-5-12-13-7/h5,15H,2-3H2,1H3,(H,11,12,13). The largest absolute Gasteiger partial charge is 0.463 e. The lowest BCUT2D eigenvalue weighted by atomic mass is 9.95. The molecule has 0 aromatic carbocycles. The number of carbonyl (C=O) groups is 1. The van der Waals surface area contributed by atoms with E-state index in [2.05, 4.69) is 26.5 Å². The summed E-state index contributed by atoms with van der Waals surface area (Å²) < 4.78 is 4.67. The first kappa shape index (κ1) is 11.9. The molecule has 84 valence electrons. The van der Waals surface area contributed by atoms with Crippen LogP contribution < -0.4 is 0 Å². The van der Waals surface area contributed by atoms with Crippen LogP contribution in [0.25, 0.3) is 0 Å². The number of nitriles is 1. The normalized spacial score (nSPS) is 13.6. The fourth-order valence-corrected chi connectivity index (χ4v) is 1.06. The molecule has 1 unspecified atom stereocenters. The van der Waals surface area contributed by atoms with E-state index in [-0.39, 0.29) is 18.0 Å². The molecule has 1 aromatic heterocycles. The first-order chi connectivity index (χ1) is 7.57. The van der Waals surface area contributed by atoms with Gasteiger partial charge in [-0.05, 0) is 6.92 Å². The van der Waals surface area contributed by atoms with Crippen molar-refractivity contribution in [3.63, 3.8) is 0 Å². The number of hydrogen-bond donors (Lipinski definition) is 2. The Bertz CT molecular complexity index is 434. The Morgan fingerprint density at radius 3 is 3.00 bits per heavy atom. The second-order valence-corrected chi connectivity index (χ2v) is 2.86. The third kappa shape index (κ3) is 1.78. The van der Waals surface area contributed by atoms with Gasteiger partial charge in [0.25, 0.3) is 5.60 Å². The highest BCUT2D eigenvalue weighted by Crippen LogP contribution is 2.26. The monoisotopic (exact) mass is 222 g/mol. The Labute approximate surface area is 91.4 Å². The molecule has 0 aliphatic rings. The molecule has 1 rings (SSSR count). The van der Waals surface area contributed by atoms with Crippen molar-refractivity contribution in [2.75, 3.05) is 6.61 Å². The second kappa shape index (κ2) is 4.55. The van der Waals surface area contributed by atoms with E-state index in [0.29, 0.717) is 0 Å². The highest BCUT2D eigenvalue weighted by atomic mass is 16.5. The van der Waals surface area contributed by atoms with E-state index in [9.17, 15) is 9.90 Å². The number of carbonyl (C=O) groups excluding carboxylic acids is 1. The molecule has 1 atom stereocenters. The Morgan fingerprint density at radius 2 is 2.56 bits per heavy atom. The molecule has 7 nitrogen and oxygen atoms in total. The Hall–Kier alpha value is -2.20. The van der Waals surface area contributed by atoms with Crippen molar-refractivity contribution in [1.82, 2.24) is 15.2 Å². The lowest BCUT2D eigenvalue weighted by Gasteiger charge is -2.21. The summed E-state index contributed by atoms with van der Waals surface area (Å²) in [7, 11) is 0. The molecule has 0 radical (unpaired) electrons. The average Bonchev–Trinajstić information content (AvgIpc) is 2.80. The van der Waals surface area contributed by atoms with Gasteiger partial charge < -0.3 is 9.84 Å². The number of rotatable bonds is 4. The molecule has 2 N–H and O–H groups in total. The van der Waals surface area contributed by atoms with E-state index < -0.39 is 11.6 Å². The van der Waals surface area contributed by atoms with E-state index in [1.165, 1.54) is 0 Å². The lowest BCUT2D eigenvalue weighted by molar-refractivity contribution is -0.162. The summed E-state index contributed by atoms with van der Waals surface area (Å²) in [5, 5.41) is 24.6. The van der Waals surface area contributed by atoms with E-state index in [1.807, 2.05) is 0 Å². The number of H-pyrrole nitrogens is 1. The molecule has 1 aromatic rings. The van der Waals surface area contributed by atoms with Crippen LogP contribution in [0.3, 0.4) is 0 Å². The van der Waals surface area contributed by atoms with Gasteiger partial charge in [0, 0.05) is 0 Å². The Kier molecular flexibility index (Phi) is 3.37. The van der Waals surface area contributed by atoms with Gasteiger partial charge in [-0.15, -0.1) is 0 Å². The van der Waals surface area contributed by atoms with E-state index in [0.717, 1.165) is 6.33 Å². The molecule has 16 heavy (non-hydrogen) atoms. The number of aromatic nitrogens is 3. The smallest absolute Gasteiger partial charge is 0.351 e. The Balaban J connectivity index is 3.19. The van der Waals surface area contributed by atoms with Crippen molar-refractivity contribution >= 4 is 5.97 Å². The van der Waals surface area contributed by atoms with Gasteiger partial charge in [0.1, 0.15) is 6.33 Å². The first-order valence-electron chi connectivity index (χ1n) is 4.42. The molecule has 0 fully saturated rings. The second-order valence-electron chi connectivity index (χ2n) is 2.86. The van der Waals surface area contributed by atoms with Gasteiger partial charge in [0.2, 0.25) is 0 Å². The van der Waals surface area contributed by atoms with Crippen molar-refractivity contribution in [1.29, 1.82) is 5.26 Å². The topological polar surface area (TPSA) is 112 Å². The third-order valence-corrected chi connectivity index (χ3v) is 1.90. The van der Waals surface area contributed by atoms with Crippen LogP contribution in [0.4, 0.5) is 0 Å². The minimum absolute atomic E-state index is 0.0635. The van der Waals surface area contributed by atoms with E-state index in [4.69, 9.17) is 5.26 Å². The van der Waals surface area contributed by atoms with Crippen LogP contribution in [-0.2, 0) is 15.1 Å². The molecule has 0 saturated carbocycles. The molecule has 0 saturated heterocycles. The quantitative estimate of drug-likeness (QED) is 0.531. The first-order valence-corrected chi connectivity index (χ1v) is 4.42. The van der Waals surface area contributed by atoms with Crippen molar-refractivity contribution in [3.05, 3.63) is 24.3 Å². The molecular formula is C9H10N4O3. The van der Waals surface area contributed by atoms with Crippen LogP contribution in [-0.4, -0.2) is 32.9 Å². The number of aromatic amines is 1. The summed E-state index contributed by atoms with van der Waals surface area (Å²) in [4.78, 5) is 15.2. The lowest BCUT2D eigenvalue weighted by Crippen LogP contribution is -2.40. The van der Waals surface area contributed by atoms with Gasteiger partial charge >= 0.3 is 5.97 Å². The number of esters is 1. The van der Waals surface area contributed by atoms with Gasteiger partial charge in [0.15, 0.2) is 5.82 Å². The molecule has 0 aliphatic carbocycles. The van der Waals surface area contributed by atoms with Gasteiger partial charge in [-0.1, -0.05) is 6.58 Å². The summed E-state index contributed by atoms with van der Waals surface area (Å²) in [6.07, 6.45) is 1.10. The van der Waals surface area contributed by atoms with Crippen molar-refractivity contribution in [2.24, 2.45) is 0 Å². The number of nitrogens with one attached hydrogen (secondary N) is 1. The van der Waals surface area contributed by atoms with Crippen molar-refractivity contribution in [3.8, 4) is 6.07 Å². The zero-order valence-electron chi connectivity index (χ0n) is 8.60. The maximum Gasteiger partial charge on any atom is 0.351 e. The maximum absolute atomic E-state index is 11.6. The number of nitrogens with zero attached hydrogens (tertiary/aromatic N) is 3. The molecule has 7 heteroatoms.